The summed E-state index contributed by atoms with van der Waals surface area (Å²) < 4.78 is 13.4. The third-order valence-corrected chi connectivity index (χ3v) is 6.54. The second-order valence-electron chi connectivity index (χ2n) is 8.65. The molecule has 0 aromatic heterocycles. The van der Waals surface area contributed by atoms with E-state index in [1.807, 2.05) is 48.5 Å². The topological polar surface area (TPSA) is 57.6 Å². The van der Waals surface area contributed by atoms with Crippen molar-refractivity contribution in [1.82, 2.24) is 4.90 Å². The number of benzene rings is 3. The fourth-order valence-corrected chi connectivity index (χ4v) is 4.85. The molecule has 4 nitrogen and oxygen atoms in total. The molecule has 2 aliphatic rings. The van der Waals surface area contributed by atoms with Gasteiger partial charge in [-0.1, -0.05) is 54.6 Å². The van der Waals surface area contributed by atoms with Crippen LogP contribution in [0.5, 0.6) is 0 Å². The molecule has 3 aromatic rings. The van der Waals surface area contributed by atoms with Gasteiger partial charge in [-0.3, -0.25) is 9.59 Å². The van der Waals surface area contributed by atoms with Gasteiger partial charge in [0.2, 0.25) is 0 Å². The lowest BCUT2D eigenvalue weighted by molar-refractivity contribution is -0.140. The van der Waals surface area contributed by atoms with E-state index in [4.69, 9.17) is 0 Å². The van der Waals surface area contributed by atoms with Crippen LogP contribution in [0.4, 0.5) is 4.39 Å². The number of hydrogen-bond acceptors (Lipinski definition) is 3. The summed E-state index contributed by atoms with van der Waals surface area (Å²) in [7, 11) is 0. The van der Waals surface area contributed by atoms with E-state index in [9.17, 15) is 19.1 Å². The molecule has 1 unspecified atom stereocenters. The normalized spacial score (nSPS) is 19.5. The van der Waals surface area contributed by atoms with Crippen LogP contribution in [-0.2, 0) is 29.0 Å². The lowest BCUT2D eigenvalue weighted by Gasteiger charge is -2.25. The summed E-state index contributed by atoms with van der Waals surface area (Å²) in [5.74, 6) is -1.90. The maximum atomic E-state index is 13.4. The van der Waals surface area contributed by atoms with Gasteiger partial charge in [-0.15, -0.1) is 0 Å². The molecule has 1 heterocycles. The number of carbonyl (C=O) groups excluding carboxylic acids is 2. The molecule has 1 atom stereocenters. The second kappa shape index (κ2) is 8.66. The number of fused-ring (bicyclic) bond motifs is 1. The van der Waals surface area contributed by atoms with E-state index in [0.29, 0.717) is 11.1 Å². The summed E-state index contributed by atoms with van der Waals surface area (Å²) in [6, 6.07) is 20.1. The number of aryl methyl sites for hydroxylation is 2. The largest absolute Gasteiger partial charge is 0.507 e. The molecule has 1 amide bonds. The maximum Gasteiger partial charge on any atom is 0.295 e. The Labute approximate surface area is 192 Å². The summed E-state index contributed by atoms with van der Waals surface area (Å²) in [4.78, 5) is 27.7. The van der Waals surface area contributed by atoms with Crippen molar-refractivity contribution < 1.29 is 19.1 Å². The summed E-state index contributed by atoms with van der Waals surface area (Å²) >= 11 is 0. The highest BCUT2D eigenvalue weighted by Crippen LogP contribution is 2.40. The molecule has 5 rings (SSSR count). The Kier molecular flexibility index (Phi) is 5.55. The lowest BCUT2D eigenvalue weighted by atomic mass is 9.88. The van der Waals surface area contributed by atoms with Gasteiger partial charge in [0.15, 0.2) is 0 Å². The van der Waals surface area contributed by atoms with Crippen molar-refractivity contribution in [3.05, 3.63) is 112 Å². The van der Waals surface area contributed by atoms with Gasteiger partial charge in [-0.2, -0.15) is 0 Å². The Balaban J connectivity index is 1.61. The van der Waals surface area contributed by atoms with Crippen molar-refractivity contribution in [2.75, 3.05) is 0 Å². The molecule has 1 aliphatic carbocycles. The Hall–Kier alpha value is -3.73. The minimum absolute atomic E-state index is 0.0871. The maximum absolute atomic E-state index is 13.4. The van der Waals surface area contributed by atoms with Crippen LogP contribution in [0.15, 0.2) is 78.4 Å². The fraction of sp³-hybridized carbons (Fsp3) is 0.214. The van der Waals surface area contributed by atoms with Gasteiger partial charge < -0.3 is 10.0 Å². The van der Waals surface area contributed by atoms with Crippen LogP contribution >= 0.6 is 0 Å². The van der Waals surface area contributed by atoms with Crippen molar-refractivity contribution in [2.24, 2.45) is 0 Å². The molecule has 166 valence electrons. The van der Waals surface area contributed by atoms with Crippen LogP contribution in [0, 0.1) is 5.82 Å². The number of carbonyl (C=O) groups is 2. The van der Waals surface area contributed by atoms with Crippen LogP contribution in [0.2, 0.25) is 0 Å². The molecular weight excluding hydrogens is 417 g/mol. The SMILES string of the molecule is O=C1C(=O)N(Cc2ccc(F)cc2)C(c2ccccc2)/C1=C(/O)c1ccc2c(c1)CCCC2. The van der Waals surface area contributed by atoms with E-state index in [-0.39, 0.29) is 23.7 Å². The van der Waals surface area contributed by atoms with E-state index in [0.717, 1.165) is 31.2 Å². The smallest absolute Gasteiger partial charge is 0.295 e. The average molecular weight is 442 g/mol. The van der Waals surface area contributed by atoms with Crippen molar-refractivity contribution in [1.29, 1.82) is 0 Å². The molecule has 0 bridgehead atoms. The molecular formula is C28H24FNO3. The van der Waals surface area contributed by atoms with Crippen LogP contribution in [0.25, 0.3) is 5.76 Å². The summed E-state index contributed by atoms with van der Waals surface area (Å²) in [5.41, 5.74) is 4.53. The minimum Gasteiger partial charge on any atom is -0.507 e. The number of rotatable bonds is 4. The summed E-state index contributed by atoms with van der Waals surface area (Å²) in [5, 5.41) is 11.3. The standard InChI is InChI=1S/C28H24FNO3/c29-23-14-10-18(11-15-23)17-30-25(20-7-2-1-3-8-20)24(27(32)28(30)33)26(31)22-13-12-19-6-4-5-9-21(19)16-22/h1-3,7-8,10-16,25,31H,4-6,9,17H2/b26-24-. The van der Waals surface area contributed by atoms with Crippen LogP contribution in [0.3, 0.4) is 0 Å². The van der Waals surface area contributed by atoms with Gasteiger partial charge in [0.1, 0.15) is 11.6 Å². The number of hydrogen-bond donors (Lipinski definition) is 1. The number of amides is 1. The van der Waals surface area contributed by atoms with E-state index in [2.05, 4.69) is 0 Å². The number of nitrogens with zero attached hydrogens (tertiary/aromatic N) is 1. The molecule has 1 N–H and O–H groups in total. The highest BCUT2D eigenvalue weighted by molar-refractivity contribution is 6.46. The third kappa shape index (κ3) is 3.95. The number of aliphatic hydroxyl groups is 1. The first-order chi connectivity index (χ1) is 16.0. The predicted molar refractivity (Wildman–Crippen MR) is 124 cm³/mol. The Morgan fingerprint density at radius 1 is 0.909 bits per heavy atom. The molecule has 5 heteroatoms. The quantitative estimate of drug-likeness (QED) is 0.338. The number of ketones is 1. The fourth-order valence-electron chi connectivity index (χ4n) is 4.85. The molecule has 0 saturated carbocycles. The zero-order chi connectivity index (χ0) is 22.9. The monoisotopic (exact) mass is 441 g/mol. The first-order valence-electron chi connectivity index (χ1n) is 11.2. The summed E-state index contributed by atoms with van der Waals surface area (Å²) in [6.07, 6.45) is 4.21. The van der Waals surface area contributed by atoms with Gasteiger partial charge in [0, 0.05) is 12.1 Å². The molecule has 33 heavy (non-hydrogen) atoms. The minimum atomic E-state index is -0.729. The van der Waals surface area contributed by atoms with Crippen LogP contribution in [0.1, 0.15) is 46.7 Å². The van der Waals surface area contributed by atoms with E-state index in [1.165, 1.54) is 28.2 Å². The lowest BCUT2D eigenvalue weighted by Crippen LogP contribution is -2.29. The zero-order valence-corrected chi connectivity index (χ0v) is 18.1. The average Bonchev–Trinajstić information content (AvgIpc) is 3.10. The molecule has 1 saturated heterocycles. The first-order valence-corrected chi connectivity index (χ1v) is 11.2. The van der Waals surface area contributed by atoms with Gasteiger partial charge >= 0.3 is 0 Å². The predicted octanol–water partition coefficient (Wildman–Crippen LogP) is 5.33. The van der Waals surface area contributed by atoms with Crippen molar-refractivity contribution >= 4 is 17.4 Å². The number of Topliss-reactive ketones (excluding diaryl/α,β-unsaturated/α-hetero) is 1. The Morgan fingerprint density at radius 2 is 1.61 bits per heavy atom. The molecule has 3 aromatic carbocycles. The molecule has 1 fully saturated rings. The van der Waals surface area contributed by atoms with E-state index >= 15 is 0 Å². The molecule has 0 spiro atoms. The van der Waals surface area contributed by atoms with Crippen molar-refractivity contribution in [3.63, 3.8) is 0 Å². The van der Waals surface area contributed by atoms with E-state index < -0.39 is 17.7 Å². The van der Waals surface area contributed by atoms with Crippen LogP contribution < -0.4 is 0 Å². The first kappa shape index (κ1) is 21.1. The molecule has 0 radical (unpaired) electrons. The van der Waals surface area contributed by atoms with Gasteiger partial charge in [-0.05, 0) is 66.1 Å². The Morgan fingerprint density at radius 3 is 2.33 bits per heavy atom. The summed E-state index contributed by atoms with van der Waals surface area (Å²) in [6.45, 7) is 0.130. The second-order valence-corrected chi connectivity index (χ2v) is 8.65. The van der Waals surface area contributed by atoms with E-state index in [1.54, 1.807) is 12.1 Å². The number of likely N-dealkylation sites (tertiary alicyclic amines) is 1. The Bertz CT molecular complexity index is 1250. The number of halogens is 1. The molecule has 1 aliphatic heterocycles. The van der Waals surface area contributed by atoms with Crippen molar-refractivity contribution in [3.8, 4) is 0 Å². The third-order valence-electron chi connectivity index (χ3n) is 6.54. The van der Waals surface area contributed by atoms with Gasteiger partial charge in [0.05, 0.1) is 11.6 Å². The van der Waals surface area contributed by atoms with Gasteiger partial charge in [0.25, 0.3) is 11.7 Å². The highest BCUT2D eigenvalue weighted by atomic mass is 19.1. The van der Waals surface area contributed by atoms with Crippen molar-refractivity contribution in [2.45, 2.75) is 38.3 Å². The zero-order valence-electron chi connectivity index (χ0n) is 18.1. The highest BCUT2D eigenvalue weighted by Gasteiger charge is 2.46. The van der Waals surface area contributed by atoms with Gasteiger partial charge in [-0.25, -0.2) is 4.39 Å². The number of aliphatic hydroxyl groups excluding tert-OH is 1. The van der Waals surface area contributed by atoms with Crippen LogP contribution in [-0.4, -0.2) is 21.7 Å².